The average Bonchev–Trinajstić information content (AvgIpc) is 3.44. The van der Waals surface area contributed by atoms with Crippen LogP contribution >= 0.6 is 0 Å². The summed E-state index contributed by atoms with van der Waals surface area (Å²) in [6, 6.07) is 21.5. The number of nitrogens with zero attached hydrogens (tertiary/aromatic N) is 2. The number of anilines is 2. The highest BCUT2D eigenvalue weighted by Gasteiger charge is 2.60. The Hall–Kier alpha value is -4.04. The number of carbonyl (C=O) groups excluding carboxylic acids is 2. The molecule has 0 spiro atoms. The highest BCUT2D eigenvalue weighted by molar-refractivity contribution is 6.24. The second-order valence-corrected chi connectivity index (χ2v) is 8.83. The number of hydrogen-bond donors (Lipinski definition) is 0. The molecule has 2 heterocycles. The number of para-hydroxylation sites is 3. The van der Waals surface area contributed by atoms with Gasteiger partial charge in [0.2, 0.25) is 5.91 Å². The van der Waals surface area contributed by atoms with Crippen molar-refractivity contribution < 1.29 is 28.6 Å². The molecule has 0 radical (unpaired) electrons. The van der Waals surface area contributed by atoms with Crippen LogP contribution in [0.4, 0.5) is 11.4 Å². The van der Waals surface area contributed by atoms with Crippen LogP contribution in [0.3, 0.4) is 0 Å². The summed E-state index contributed by atoms with van der Waals surface area (Å²) < 4.78 is 17.2. The average molecular weight is 503 g/mol. The van der Waals surface area contributed by atoms with Crippen molar-refractivity contribution in [1.82, 2.24) is 0 Å². The fourth-order valence-electron chi connectivity index (χ4n) is 4.91. The van der Waals surface area contributed by atoms with Gasteiger partial charge in [-0.05, 0) is 55.3 Å². The van der Waals surface area contributed by atoms with Crippen molar-refractivity contribution in [3.8, 4) is 17.2 Å². The minimum atomic E-state index is -0.977. The second-order valence-electron chi connectivity index (χ2n) is 8.83. The molecule has 2 aliphatic rings. The van der Waals surface area contributed by atoms with Crippen molar-refractivity contribution in [2.45, 2.75) is 32.4 Å². The Balaban J connectivity index is 1.57. The molecule has 2 aliphatic heterocycles. The zero-order valence-electron chi connectivity index (χ0n) is 21.1. The van der Waals surface area contributed by atoms with E-state index in [4.69, 9.17) is 19.0 Å². The highest BCUT2D eigenvalue weighted by Crippen LogP contribution is 2.49. The topological polar surface area (TPSA) is 77.5 Å². The van der Waals surface area contributed by atoms with Crippen molar-refractivity contribution in [2.75, 3.05) is 30.3 Å². The Labute approximate surface area is 216 Å². The molecule has 2 saturated heterocycles. The lowest BCUT2D eigenvalue weighted by molar-refractivity contribution is -0.126. The molecule has 0 N–H and O–H groups in total. The summed E-state index contributed by atoms with van der Waals surface area (Å²) in [5.41, 5.74) is 1.94. The molecule has 2 amide bonds. The minimum Gasteiger partial charge on any atom is -0.493 e. The smallest absolute Gasteiger partial charge is 0.266 e. The third-order valence-corrected chi connectivity index (χ3v) is 6.52. The van der Waals surface area contributed by atoms with Crippen molar-refractivity contribution in [1.29, 1.82) is 0 Å². The van der Waals surface area contributed by atoms with Gasteiger partial charge in [0.05, 0.1) is 37.7 Å². The van der Waals surface area contributed by atoms with Gasteiger partial charge in [-0.3, -0.25) is 14.4 Å². The fourth-order valence-corrected chi connectivity index (χ4v) is 4.91. The Morgan fingerprint density at radius 3 is 2.32 bits per heavy atom. The van der Waals surface area contributed by atoms with Crippen LogP contribution in [0.25, 0.3) is 0 Å². The highest BCUT2D eigenvalue weighted by atomic mass is 16.7. The maximum absolute atomic E-state index is 14.0. The van der Waals surface area contributed by atoms with Crippen LogP contribution in [0.15, 0.2) is 72.8 Å². The Morgan fingerprint density at radius 2 is 1.59 bits per heavy atom. The van der Waals surface area contributed by atoms with Crippen molar-refractivity contribution in [3.05, 3.63) is 78.4 Å². The molecule has 8 nitrogen and oxygen atoms in total. The van der Waals surface area contributed by atoms with E-state index in [0.29, 0.717) is 36.1 Å². The van der Waals surface area contributed by atoms with E-state index in [0.717, 1.165) is 17.7 Å². The first-order valence-corrected chi connectivity index (χ1v) is 12.5. The molecular formula is C29H30N2O6. The van der Waals surface area contributed by atoms with Gasteiger partial charge in [-0.15, -0.1) is 0 Å². The lowest BCUT2D eigenvalue weighted by Crippen LogP contribution is -2.37. The van der Waals surface area contributed by atoms with E-state index in [1.54, 1.807) is 30.4 Å². The van der Waals surface area contributed by atoms with E-state index in [9.17, 15) is 9.59 Å². The molecule has 0 bridgehead atoms. The molecule has 3 atom stereocenters. The first-order chi connectivity index (χ1) is 18.1. The SMILES string of the molecule is CCCOc1ccc(C2C3C(=O)N(c4ccccc4OCC)C(=O)C3ON2c2ccccc2)cc1OC. The molecule has 3 unspecified atom stereocenters. The maximum Gasteiger partial charge on any atom is 0.266 e. The maximum atomic E-state index is 14.0. The zero-order chi connectivity index (χ0) is 25.9. The molecule has 0 aromatic heterocycles. The summed E-state index contributed by atoms with van der Waals surface area (Å²) in [5, 5.41) is 1.66. The predicted molar refractivity (Wildman–Crippen MR) is 139 cm³/mol. The third-order valence-electron chi connectivity index (χ3n) is 6.52. The van der Waals surface area contributed by atoms with Crippen LogP contribution in [0.5, 0.6) is 17.2 Å². The molecule has 5 rings (SSSR count). The van der Waals surface area contributed by atoms with Gasteiger partial charge in [-0.25, -0.2) is 9.96 Å². The first-order valence-electron chi connectivity index (χ1n) is 12.5. The van der Waals surface area contributed by atoms with Crippen LogP contribution in [-0.4, -0.2) is 38.2 Å². The van der Waals surface area contributed by atoms with Gasteiger partial charge < -0.3 is 14.2 Å². The number of methoxy groups -OCH3 is 1. The Morgan fingerprint density at radius 1 is 0.838 bits per heavy atom. The van der Waals surface area contributed by atoms with E-state index < -0.39 is 24.0 Å². The Bertz CT molecular complexity index is 1280. The number of imide groups is 1. The monoisotopic (exact) mass is 502 g/mol. The number of amides is 2. The van der Waals surface area contributed by atoms with Crippen molar-refractivity contribution >= 4 is 23.2 Å². The zero-order valence-corrected chi connectivity index (χ0v) is 21.1. The summed E-state index contributed by atoms with van der Waals surface area (Å²) >= 11 is 0. The molecule has 2 fully saturated rings. The summed E-state index contributed by atoms with van der Waals surface area (Å²) in [4.78, 5) is 35.1. The molecule has 3 aromatic rings. The number of benzene rings is 3. The van der Waals surface area contributed by atoms with E-state index in [2.05, 4.69) is 0 Å². The van der Waals surface area contributed by atoms with E-state index in [1.165, 1.54) is 4.90 Å². The number of hydroxylamine groups is 1. The molecule has 0 aliphatic carbocycles. The van der Waals surface area contributed by atoms with E-state index in [-0.39, 0.29) is 5.91 Å². The van der Waals surface area contributed by atoms with Crippen LogP contribution in [0.1, 0.15) is 31.9 Å². The predicted octanol–water partition coefficient (Wildman–Crippen LogP) is 4.93. The van der Waals surface area contributed by atoms with Gasteiger partial charge in [0, 0.05) is 0 Å². The van der Waals surface area contributed by atoms with Gasteiger partial charge in [-0.2, -0.15) is 0 Å². The summed E-state index contributed by atoms with van der Waals surface area (Å²) in [5.74, 6) is 0.127. The Kier molecular flexibility index (Phi) is 7.01. The quantitative estimate of drug-likeness (QED) is 0.384. The standard InChI is InChI=1S/C29H30N2O6/c1-4-17-36-23-16-15-19(18-24(23)34-3)26-25-27(37-31(26)20-11-7-6-8-12-20)29(33)30(28(25)32)21-13-9-10-14-22(21)35-5-2/h6-16,18,25-27H,4-5,17H2,1-3H3. The van der Waals surface area contributed by atoms with Gasteiger partial charge >= 0.3 is 0 Å². The lowest BCUT2D eigenvalue weighted by Gasteiger charge is -2.29. The number of fused-ring (bicyclic) bond motifs is 1. The molecule has 0 saturated carbocycles. The third kappa shape index (κ3) is 4.38. The van der Waals surface area contributed by atoms with E-state index >= 15 is 0 Å². The van der Waals surface area contributed by atoms with Crippen molar-refractivity contribution in [3.63, 3.8) is 0 Å². The number of ether oxygens (including phenoxy) is 3. The molecular weight excluding hydrogens is 472 g/mol. The van der Waals surface area contributed by atoms with Crippen LogP contribution < -0.4 is 24.2 Å². The second kappa shape index (κ2) is 10.5. The number of carbonyl (C=O) groups is 2. The minimum absolute atomic E-state index is 0.337. The normalized spacial score (nSPS) is 20.8. The molecule has 3 aromatic carbocycles. The fraction of sp³-hybridized carbons (Fsp3) is 0.310. The van der Waals surface area contributed by atoms with Gasteiger partial charge in [-0.1, -0.05) is 43.3 Å². The first kappa shape index (κ1) is 24.6. The van der Waals surface area contributed by atoms with Gasteiger partial charge in [0.25, 0.3) is 5.91 Å². The van der Waals surface area contributed by atoms with Crippen LogP contribution in [0.2, 0.25) is 0 Å². The van der Waals surface area contributed by atoms with Gasteiger partial charge in [0.1, 0.15) is 11.7 Å². The van der Waals surface area contributed by atoms with Crippen LogP contribution in [-0.2, 0) is 14.4 Å². The summed E-state index contributed by atoms with van der Waals surface area (Å²) in [6.45, 7) is 4.86. The summed E-state index contributed by atoms with van der Waals surface area (Å²) in [7, 11) is 1.58. The van der Waals surface area contributed by atoms with E-state index in [1.807, 2.05) is 68.4 Å². The largest absolute Gasteiger partial charge is 0.493 e. The number of rotatable bonds is 9. The summed E-state index contributed by atoms with van der Waals surface area (Å²) in [6.07, 6.45) is -0.114. The molecule has 192 valence electrons. The van der Waals surface area contributed by atoms with Crippen LogP contribution in [0, 0.1) is 5.92 Å². The molecule has 8 heteroatoms. The lowest BCUT2D eigenvalue weighted by atomic mass is 9.90. The molecule has 37 heavy (non-hydrogen) atoms. The van der Waals surface area contributed by atoms with Crippen molar-refractivity contribution in [2.24, 2.45) is 5.92 Å². The number of hydrogen-bond acceptors (Lipinski definition) is 7. The van der Waals surface area contributed by atoms with Gasteiger partial charge in [0.15, 0.2) is 17.6 Å².